The molecule has 6 heteroatoms. The minimum atomic E-state index is -3.10. The number of aryl methyl sites for hydroxylation is 1. The van der Waals surface area contributed by atoms with E-state index in [0.29, 0.717) is 6.54 Å². The van der Waals surface area contributed by atoms with Gasteiger partial charge in [0, 0.05) is 19.8 Å². The molecular formula is C15H23N3O2S. The molecule has 1 atom stereocenters. The van der Waals surface area contributed by atoms with Crippen LogP contribution in [-0.4, -0.2) is 35.5 Å². The standard InChI is InChI=1S/C15H23N3O2S/c1-11(16-10-15(2,3)21(5,19)20)14-17-12-8-6-7-9-13(12)18(14)4/h6-9,11,16H,10H2,1-5H3. The minimum absolute atomic E-state index is 0.0246. The number of para-hydroxylation sites is 2. The topological polar surface area (TPSA) is 64.0 Å². The zero-order valence-corrected chi connectivity index (χ0v) is 14.0. The van der Waals surface area contributed by atoms with Crippen molar-refractivity contribution in [3.8, 4) is 0 Å². The molecule has 0 fully saturated rings. The summed E-state index contributed by atoms with van der Waals surface area (Å²) >= 11 is 0. The van der Waals surface area contributed by atoms with Gasteiger partial charge in [0.05, 0.1) is 21.8 Å². The summed E-state index contributed by atoms with van der Waals surface area (Å²) in [4.78, 5) is 4.63. The zero-order chi connectivity index (χ0) is 15.8. The summed E-state index contributed by atoms with van der Waals surface area (Å²) < 4.78 is 24.7. The summed E-state index contributed by atoms with van der Waals surface area (Å²) in [6.45, 7) is 5.85. The van der Waals surface area contributed by atoms with Crippen molar-refractivity contribution < 1.29 is 8.42 Å². The Hall–Kier alpha value is -1.40. The second kappa shape index (κ2) is 5.42. The van der Waals surface area contributed by atoms with Crippen LogP contribution in [0.5, 0.6) is 0 Å². The van der Waals surface area contributed by atoms with Gasteiger partial charge in [0.2, 0.25) is 0 Å². The molecule has 0 radical (unpaired) electrons. The lowest BCUT2D eigenvalue weighted by Gasteiger charge is -2.25. The number of imidazole rings is 1. The second-order valence-electron chi connectivity index (χ2n) is 6.15. The Morgan fingerprint density at radius 1 is 1.33 bits per heavy atom. The number of nitrogens with zero attached hydrogens (tertiary/aromatic N) is 2. The summed E-state index contributed by atoms with van der Waals surface area (Å²) in [7, 11) is -1.13. The van der Waals surface area contributed by atoms with Crippen LogP contribution in [0, 0.1) is 0 Å². The fourth-order valence-corrected chi connectivity index (χ4v) is 2.52. The van der Waals surface area contributed by atoms with E-state index >= 15 is 0 Å². The van der Waals surface area contributed by atoms with E-state index in [4.69, 9.17) is 0 Å². The molecule has 1 heterocycles. The quantitative estimate of drug-likeness (QED) is 0.918. The van der Waals surface area contributed by atoms with Gasteiger partial charge in [-0.1, -0.05) is 12.1 Å². The lowest BCUT2D eigenvalue weighted by Crippen LogP contribution is -2.42. The Kier molecular flexibility index (Phi) is 4.13. The van der Waals surface area contributed by atoms with Crippen molar-refractivity contribution in [2.75, 3.05) is 12.8 Å². The van der Waals surface area contributed by atoms with Gasteiger partial charge in [-0.3, -0.25) is 0 Å². The van der Waals surface area contributed by atoms with Crippen molar-refractivity contribution in [3.63, 3.8) is 0 Å². The average molecular weight is 309 g/mol. The van der Waals surface area contributed by atoms with Gasteiger partial charge >= 0.3 is 0 Å². The Morgan fingerprint density at radius 3 is 2.52 bits per heavy atom. The van der Waals surface area contributed by atoms with Crippen LogP contribution in [-0.2, 0) is 16.9 Å². The van der Waals surface area contributed by atoms with Crippen molar-refractivity contribution >= 4 is 20.9 Å². The molecule has 2 aromatic rings. The lowest BCUT2D eigenvalue weighted by molar-refractivity contribution is 0.472. The molecule has 1 N–H and O–H groups in total. The predicted molar refractivity (Wildman–Crippen MR) is 86.1 cm³/mol. The van der Waals surface area contributed by atoms with Crippen LogP contribution in [0.15, 0.2) is 24.3 Å². The first-order valence-corrected chi connectivity index (χ1v) is 8.87. The van der Waals surface area contributed by atoms with Gasteiger partial charge < -0.3 is 9.88 Å². The first-order valence-electron chi connectivity index (χ1n) is 6.98. The van der Waals surface area contributed by atoms with Crippen LogP contribution in [0.4, 0.5) is 0 Å². The SMILES string of the molecule is CC(NCC(C)(C)S(C)(=O)=O)c1nc2ccccc2n1C. The van der Waals surface area contributed by atoms with Gasteiger partial charge in [0.1, 0.15) is 5.82 Å². The Labute approximate surface area is 126 Å². The molecule has 0 saturated carbocycles. The summed E-state index contributed by atoms with van der Waals surface area (Å²) in [5.41, 5.74) is 2.02. The van der Waals surface area contributed by atoms with Crippen molar-refractivity contribution in [3.05, 3.63) is 30.1 Å². The third-order valence-electron chi connectivity index (χ3n) is 4.05. The van der Waals surface area contributed by atoms with Crippen molar-refractivity contribution in [1.29, 1.82) is 0 Å². The maximum atomic E-state index is 11.7. The molecule has 0 saturated heterocycles. The van der Waals surface area contributed by atoms with Gasteiger partial charge in [-0.25, -0.2) is 13.4 Å². The van der Waals surface area contributed by atoms with E-state index in [-0.39, 0.29) is 6.04 Å². The monoisotopic (exact) mass is 309 g/mol. The molecule has 1 aromatic heterocycles. The number of aromatic nitrogens is 2. The Morgan fingerprint density at radius 2 is 1.95 bits per heavy atom. The second-order valence-corrected chi connectivity index (χ2v) is 8.80. The fraction of sp³-hybridized carbons (Fsp3) is 0.533. The molecule has 21 heavy (non-hydrogen) atoms. The molecular weight excluding hydrogens is 286 g/mol. The molecule has 0 aliphatic rings. The highest BCUT2D eigenvalue weighted by atomic mass is 32.2. The van der Waals surface area contributed by atoms with Gasteiger partial charge in [-0.15, -0.1) is 0 Å². The highest BCUT2D eigenvalue weighted by Gasteiger charge is 2.30. The summed E-state index contributed by atoms with van der Waals surface area (Å²) in [5.74, 6) is 0.903. The zero-order valence-electron chi connectivity index (χ0n) is 13.2. The van der Waals surface area contributed by atoms with Crippen LogP contribution in [0.25, 0.3) is 11.0 Å². The molecule has 0 spiro atoms. The Bertz CT molecular complexity index is 747. The summed E-state index contributed by atoms with van der Waals surface area (Å²) in [6, 6.07) is 7.93. The van der Waals surface area contributed by atoms with Crippen molar-refractivity contribution in [2.24, 2.45) is 7.05 Å². The van der Waals surface area contributed by atoms with E-state index in [1.54, 1.807) is 13.8 Å². The molecule has 0 aliphatic carbocycles. The van der Waals surface area contributed by atoms with E-state index in [2.05, 4.69) is 10.3 Å². The number of fused-ring (bicyclic) bond motifs is 1. The highest BCUT2D eigenvalue weighted by molar-refractivity contribution is 7.92. The van der Waals surface area contributed by atoms with Gasteiger partial charge in [0.15, 0.2) is 9.84 Å². The van der Waals surface area contributed by atoms with E-state index in [9.17, 15) is 8.42 Å². The smallest absolute Gasteiger partial charge is 0.153 e. The van der Waals surface area contributed by atoms with E-state index in [0.717, 1.165) is 16.9 Å². The number of rotatable bonds is 5. The van der Waals surface area contributed by atoms with Crippen LogP contribution < -0.4 is 5.32 Å². The van der Waals surface area contributed by atoms with Gasteiger partial charge in [0.25, 0.3) is 0 Å². The molecule has 0 amide bonds. The molecule has 5 nitrogen and oxygen atoms in total. The number of nitrogens with one attached hydrogen (secondary N) is 1. The van der Waals surface area contributed by atoms with Crippen LogP contribution >= 0.6 is 0 Å². The van der Waals surface area contributed by atoms with Crippen molar-refractivity contribution in [2.45, 2.75) is 31.6 Å². The highest BCUT2D eigenvalue weighted by Crippen LogP contribution is 2.20. The van der Waals surface area contributed by atoms with Gasteiger partial charge in [-0.05, 0) is 32.9 Å². The van der Waals surface area contributed by atoms with Crippen LogP contribution in [0.1, 0.15) is 32.6 Å². The summed E-state index contributed by atoms with van der Waals surface area (Å²) in [6.07, 6.45) is 1.27. The first kappa shape index (κ1) is 16.0. The van der Waals surface area contributed by atoms with E-state index in [1.165, 1.54) is 6.26 Å². The van der Waals surface area contributed by atoms with Gasteiger partial charge in [-0.2, -0.15) is 0 Å². The average Bonchev–Trinajstić information content (AvgIpc) is 2.73. The van der Waals surface area contributed by atoms with Crippen LogP contribution in [0.3, 0.4) is 0 Å². The third kappa shape index (κ3) is 3.11. The fourth-order valence-electron chi connectivity index (χ4n) is 2.17. The largest absolute Gasteiger partial charge is 0.330 e. The Balaban J connectivity index is 2.20. The van der Waals surface area contributed by atoms with E-state index in [1.807, 2.05) is 42.8 Å². The number of hydrogen-bond acceptors (Lipinski definition) is 4. The van der Waals surface area contributed by atoms with E-state index < -0.39 is 14.6 Å². The predicted octanol–water partition coefficient (Wildman–Crippen LogP) is 2.05. The molecule has 116 valence electrons. The third-order valence-corrected chi connectivity index (χ3v) is 6.20. The maximum Gasteiger partial charge on any atom is 0.153 e. The summed E-state index contributed by atoms with van der Waals surface area (Å²) in [5, 5.41) is 3.29. The normalized spacial score (nSPS) is 14.5. The molecule has 1 unspecified atom stereocenters. The minimum Gasteiger partial charge on any atom is -0.330 e. The van der Waals surface area contributed by atoms with Crippen LogP contribution in [0.2, 0.25) is 0 Å². The molecule has 1 aromatic carbocycles. The van der Waals surface area contributed by atoms with Crippen molar-refractivity contribution in [1.82, 2.24) is 14.9 Å². The maximum absolute atomic E-state index is 11.7. The first-order chi connectivity index (χ1) is 9.63. The number of sulfone groups is 1. The lowest BCUT2D eigenvalue weighted by atomic mass is 10.2. The molecule has 2 rings (SSSR count). The molecule has 0 bridgehead atoms. The number of hydrogen-bond donors (Lipinski definition) is 1. The number of benzene rings is 1. The molecule has 0 aliphatic heterocycles.